The standard InChI is InChI=1S/C21H27N3O5S/c1-28-17-10-6-9-16(18(17)29-2)19(25)24-20(30(22,26)27)21(11-13-23-14-12-21)15-7-4-3-5-8-15/h3-10,20,23H,11-14H2,1-2H3,(H,24,25)(H2,22,26,27). The molecule has 4 N–H and O–H groups in total. The minimum Gasteiger partial charge on any atom is -0.493 e. The molecule has 0 aromatic heterocycles. The molecule has 1 amide bonds. The molecule has 2 aromatic rings. The number of nitrogens with one attached hydrogen (secondary N) is 2. The predicted molar refractivity (Wildman–Crippen MR) is 114 cm³/mol. The van der Waals surface area contributed by atoms with E-state index in [1.54, 1.807) is 18.2 Å². The fourth-order valence-corrected chi connectivity index (χ4v) is 5.41. The Balaban J connectivity index is 2.06. The van der Waals surface area contributed by atoms with Gasteiger partial charge in [0, 0.05) is 5.41 Å². The molecule has 9 heteroatoms. The van der Waals surface area contributed by atoms with Gasteiger partial charge < -0.3 is 20.1 Å². The second-order valence-electron chi connectivity index (χ2n) is 7.26. The molecule has 1 heterocycles. The number of carbonyl (C=O) groups is 1. The first-order chi connectivity index (χ1) is 14.3. The summed E-state index contributed by atoms with van der Waals surface area (Å²) in [4.78, 5) is 13.2. The van der Waals surface area contributed by atoms with E-state index < -0.39 is 26.7 Å². The Labute approximate surface area is 176 Å². The molecule has 1 aliphatic heterocycles. The topological polar surface area (TPSA) is 120 Å². The van der Waals surface area contributed by atoms with Crippen LogP contribution in [-0.4, -0.2) is 47.0 Å². The van der Waals surface area contributed by atoms with Gasteiger partial charge in [-0.15, -0.1) is 0 Å². The van der Waals surface area contributed by atoms with Crippen LogP contribution in [0.3, 0.4) is 0 Å². The van der Waals surface area contributed by atoms with E-state index in [9.17, 15) is 13.2 Å². The Hall–Kier alpha value is -2.62. The van der Waals surface area contributed by atoms with Crippen molar-refractivity contribution >= 4 is 15.9 Å². The average molecular weight is 434 g/mol. The molecule has 0 bridgehead atoms. The van der Waals surface area contributed by atoms with Gasteiger partial charge in [0.1, 0.15) is 0 Å². The van der Waals surface area contributed by atoms with Crippen molar-refractivity contribution in [2.75, 3.05) is 27.3 Å². The van der Waals surface area contributed by atoms with Gasteiger partial charge >= 0.3 is 0 Å². The molecule has 30 heavy (non-hydrogen) atoms. The van der Waals surface area contributed by atoms with Crippen molar-refractivity contribution in [1.29, 1.82) is 0 Å². The summed E-state index contributed by atoms with van der Waals surface area (Å²) in [6, 6.07) is 14.2. The average Bonchev–Trinajstić information content (AvgIpc) is 2.76. The number of rotatable bonds is 7. The van der Waals surface area contributed by atoms with Gasteiger partial charge in [0.2, 0.25) is 10.0 Å². The van der Waals surface area contributed by atoms with Gasteiger partial charge in [0.05, 0.1) is 19.8 Å². The normalized spacial score (nSPS) is 17.0. The van der Waals surface area contributed by atoms with Crippen LogP contribution >= 0.6 is 0 Å². The number of hydrogen-bond acceptors (Lipinski definition) is 6. The first kappa shape index (κ1) is 22.1. The van der Waals surface area contributed by atoms with Crippen LogP contribution in [-0.2, 0) is 15.4 Å². The number of para-hydroxylation sites is 1. The molecule has 1 saturated heterocycles. The van der Waals surface area contributed by atoms with E-state index in [1.165, 1.54) is 14.2 Å². The first-order valence-electron chi connectivity index (χ1n) is 9.63. The molecule has 1 unspecified atom stereocenters. The van der Waals surface area contributed by atoms with E-state index in [0.29, 0.717) is 31.7 Å². The molecule has 3 rings (SSSR count). The number of ether oxygens (including phenoxy) is 2. The third kappa shape index (κ3) is 4.28. The minimum atomic E-state index is -4.14. The lowest BCUT2D eigenvalue weighted by molar-refractivity contribution is 0.0921. The summed E-state index contributed by atoms with van der Waals surface area (Å²) >= 11 is 0. The molecule has 0 saturated carbocycles. The van der Waals surface area contributed by atoms with Crippen LogP contribution in [0.15, 0.2) is 48.5 Å². The summed E-state index contributed by atoms with van der Waals surface area (Å²) in [5.74, 6) is 0.000278. The molecule has 0 aliphatic carbocycles. The van der Waals surface area contributed by atoms with Crippen LogP contribution in [0, 0.1) is 0 Å². The van der Waals surface area contributed by atoms with E-state index in [1.807, 2.05) is 30.3 Å². The SMILES string of the molecule is COc1cccc(C(=O)NC(C2(c3ccccc3)CCNCC2)S(N)(=O)=O)c1OC. The fourth-order valence-electron chi connectivity index (χ4n) is 4.14. The van der Waals surface area contributed by atoms with Gasteiger partial charge in [-0.25, -0.2) is 13.6 Å². The van der Waals surface area contributed by atoms with Crippen molar-refractivity contribution in [3.05, 3.63) is 59.7 Å². The highest BCUT2D eigenvalue weighted by Gasteiger charge is 2.48. The molecular formula is C21H27N3O5S. The first-order valence-corrected chi connectivity index (χ1v) is 11.2. The highest BCUT2D eigenvalue weighted by atomic mass is 32.2. The van der Waals surface area contributed by atoms with Crippen LogP contribution in [0.1, 0.15) is 28.8 Å². The maximum Gasteiger partial charge on any atom is 0.256 e. The van der Waals surface area contributed by atoms with Crippen LogP contribution in [0.2, 0.25) is 0 Å². The van der Waals surface area contributed by atoms with Gasteiger partial charge in [-0.2, -0.15) is 0 Å². The largest absolute Gasteiger partial charge is 0.493 e. The number of methoxy groups -OCH3 is 2. The summed E-state index contributed by atoms with van der Waals surface area (Å²) in [5.41, 5.74) is 0.132. The van der Waals surface area contributed by atoms with Crippen molar-refractivity contribution < 1.29 is 22.7 Å². The Bertz CT molecular complexity index is 989. The van der Waals surface area contributed by atoms with Gasteiger partial charge in [-0.3, -0.25) is 4.79 Å². The monoisotopic (exact) mass is 433 g/mol. The maximum absolute atomic E-state index is 13.2. The lowest BCUT2D eigenvalue weighted by atomic mass is 9.72. The molecule has 162 valence electrons. The number of carbonyl (C=O) groups excluding carboxylic acids is 1. The number of benzene rings is 2. The lowest BCUT2D eigenvalue weighted by Crippen LogP contribution is -2.60. The molecule has 1 fully saturated rings. The number of hydrogen-bond donors (Lipinski definition) is 3. The van der Waals surface area contributed by atoms with E-state index in [2.05, 4.69) is 10.6 Å². The zero-order valence-electron chi connectivity index (χ0n) is 17.1. The van der Waals surface area contributed by atoms with Crippen molar-refractivity contribution in [2.24, 2.45) is 5.14 Å². The van der Waals surface area contributed by atoms with Crippen LogP contribution in [0.5, 0.6) is 11.5 Å². The van der Waals surface area contributed by atoms with Crippen LogP contribution in [0.4, 0.5) is 0 Å². The number of primary sulfonamides is 1. The zero-order valence-corrected chi connectivity index (χ0v) is 17.9. The Morgan fingerprint density at radius 1 is 1.07 bits per heavy atom. The third-order valence-electron chi connectivity index (χ3n) is 5.58. The van der Waals surface area contributed by atoms with E-state index >= 15 is 0 Å². The van der Waals surface area contributed by atoms with Crippen LogP contribution in [0.25, 0.3) is 0 Å². The summed E-state index contributed by atoms with van der Waals surface area (Å²) in [5, 5.41) is 10.3. The van der Waals surface area contributed by atoms with E-state index in [0.717, 1.165) is 5.56 Å². The van der Waals surface area contributed by atoms with Crippen molar-refractivity contribution in [1.82, 2.24) is 10.6 Å². The molecule has 1 atom stereocenters. The number of piperidine rings is 1. The molecule has 0 radical (unpaired) electrons. The second-order valence-corrected chi connectivity index (χ2v) is 8.91. The Morgan fingerprint density at radius 3 is 2.30 bits per heavy atom. The Morgan fingerprint density at radius 2 is 1.73 bits per heavy atom. The lowest BCUT2D eigenvalue weighted by Gasteiger charge is -2.43. The van der Waals surface area contributed by atoms with Crippen molar-refractivity contribution in [3.8, 4) is 11.5 Å². The minimum absolute atomic E-state index is 0.169. The molecular weight excluding hydrogens is 406 g/mol. The number of sulfonamides is 1. The van der Waals surface area contributed by atoms with E-state index in [4.69, 9.17) is 14.6 Å². The summed E-state index contributed by atoms with van der Waals surface area (Å²) in [6.07, 6.45) is 1.02. The number of nitrogens with two attached hydrogens (primary N) is 1. The van der Waals surface area contributed by atoms with Gasteiger partial charge in [-0.05, 0) is 43.6 Å². The summed E-state index contributed by atoms with van der Waals surface area (Å²) < 4.78 is 36.1. The Kier molecular flexibility index (Phi) is 6.64. The highest BCUT2D eigenvalue weighted by Crippen LogP contribution is 2.39. The quantitative estimate of drug-likeness (QED) is 0.607. The summed E-state index contributed by atoms with van der Waals surface area (Å²) in [6.45, 7) is 1.22. The molecule has 8 nitrogen and oxygen atoms in total. The van der Waals surface area contributed by atoms with Crippen LogP contribution < -0.4 is 25.2 Å². The maximum atomic E-state index is 13.2. The van der Waals surface area contributed by atoms with Crippen molar-refractivity contribution in [2.45, 2.75) is 23.6 Å². The second kappa shape index (κ2) is 9.03. The molecule has 2 aromatic carbocycles. The highest BCUT2D eigenvalue weighted by molar-refractivity contribution is 7.89. The van der Waals surface area contributed by atoms with E-state index in [-0.39, 0.29) is 11.3 Å². The fraction of sp³-hybridized carbons (Fsp3) is 0.381. The molecule has 0 spiro atoms. The smallest absolute Gasteiger partial charge is 0.256 e. The molecule has 1 aliphatic rings. The number of amides is 1. The third-order valence-corrected chi connectivity index (χ3v) is 6.81. The summed E-state index contributed by atoms with van der Waals surface area (Å²) in [7, 11) is -1.26. The van der Waals surface area contributed by atoms with Gasteiger partial charge in [0.25, 0.3) is 5.91 Å². The van der Waals surface area contributed by atoms with Crippen molar-refractivity contribution in [3.63, 3.8) is 0 Å². The predicted octanol–water partition coefficient (Wildman–Crippen LogP) is 1.37. The van der Waals surface area contributed by atoms with Gasteiger partial charge in [-0.1, -0.05) is 36.4 Å². The zero-order chi connectivity index (χ0) is 21.8. The van der Waals surface area contributed by atoms with Gasteiger partial charge in [0.15, 0.2) is 16.9 Å².